The van der Waals surface area contributed by atoms with Crippen molar-refractivity contribution in [3.63, 3.8) is 0 Å². The lowest BCUT2D eigenvalue weighted by Crippen LogP contribution is -2.56. The van der Waals surface area contributed by atoms with Gasteiger partial charge in [0.1, 0.15) is 12.1 Å². The molecular weight excluding hydrogens is 633 g/mol. The summed E-state index contributed by atoms with van der Waals surface area (Å²) in [5, 5.41) is 5.92. The van der Waals surface area contributed by atoms with E-state index in [0.717, 1.165) is 43.6 Å². The number of nitrogens with zero attached hydrogens (tertiary/aromatic N) is 2. The van der Waals surface area contributed by atoms with Gasteiger partial charge in [0.15, 0.2) is 0 Å². The number of carbonyl (C=O) groups is 3. The minimum absolute atomic E-state index is 0. The fourth-order valence-corrected chi connectivity index (χ4v) is 5.62. The van der Waals surface area contributed by atoms with E-state index in [9.17, 15) is 14.4 Å². The molecule has 2 aromatic carbocycles. The Morgan fingerprint density at radius 2 is 1.42 bits per heavy atom. The summed E-state index contributed by atoms with van der Waals surface area (Å²) >= 11 is 0. The number of halogens is 3. The van der Waals surface area contributed by atoms with Crippen LogP contribution in [0.5, 0.6) is 0 Å². The highest BCUT2D eigenvalue weighted by Crippen LogP contribution is 2.24. The van der Waals surface area contributed by atoms with Crippen LogP contribution in [0.3, 0.4) is 0 Å². The molecule has 4 N–H and O–H groups in total. The van der Waals surface area contributed by atoms with Crippen LogP contribution in [0.15, 0.2) is 60.7 Å². The number of nitrogens with one attached hydrogen (secondary N) is 2. The topological polar surface area (TPSA) is 108 Å². The number of carbonyl (C=O) groups excluding carboxylic acids is 3. The normalized spacial score (nSPS) is 15.3. The number of unbranched alkanes of at least 4 members (excludes halogenated alkanes) is 1. The minimum atomic E-state index is -0.782. The second kappa shape index (κ2) is 22.2. The number of amides is 3. The molecule has 0 spiro atoms. The summed E-state index contributed by atoms with van der Waals surface area (Å²) in [5.74, 6) is -0.674. The van der Waals surface area contributed by atoms with E-state index in [-0.39, 0.29) is 66.9 Å². The summed E-state index contributed by atoms with van der Waals surface area (Å²) < 4.78 is 0. The zero-order chi connectivity index (χ0) is 30.5. The molecule has 11 heteroatoms. The van der Waals surface area contributed by atoms with Crippen LogP contribution >= 0.6 is 37.2 Å². The lowest BCUT2D eigenvalue weighted by atomic mass is 9.99. The van der Waals surface area contributed by atoms with Gasteiger partial charge in [0.05, 0.1) is 12.1 Å². The molecule has 1 fully saturated rings. The van der Waals surface area contributed by atoms with E-state index in [1.807, 2.05) is 69.4 Å². The molecule has 0 saturated carbocycles. The summed E-state index contributed by atoms with van der Waals surface area (Å²) in [4.78, 5) is 45.0. The maximum absolute atomic E-state index is 14.0. The van der Waals surface area contributed by atoms with Crippen LogP contribution in [0.1, 0.15) is 76.5 Å². The van der Waals surface area contributed by atoms with Crippen molar-refractivity contribution >= 4 is 54.9 Å². The van der Waals surface area contributed by atoms with Crippen LogP contribution in [0.25, 0.3) is 0 Å². The third-order valence-corrected chi connectivity index (χ3v) is 8.07. The Hall–Kier alpha value is -2.36. The van der Waals surface area contributed by atoms with Gasteiger partial charge in [0, 0.05) is 13.6 Å². The molecule has 1 heterocycles. The number of likely N-dealkylation sites (N-methyl/N-ethyl adjacent to an activating group) is 1. The van der Waals surface area contributed by atoms with Crippen LogP contribution in [0.2, 0.25) is 0 Å². The number of rotatable bonds is 16. The van der Waals surface area contributed by atoms with Gasteiger partial charge < -0.3 is 26.2 Å². The van der Waals surface area contributed by atoms with Crippen LogP contribution in [-0.2, 0) is 20.8 Å². The molecular formula is C34H54Cl3N5O3. The molecule has 0 unspecified atom stereocenters. The minimum Gasteiger partial charge on any atom is -0.343 e. The van der Waals surface area contributed by atoms with Crippen molar-refractivity contribution in [3.8, 4) is 0 Å². The maximum atomic E-state index is 14.0. The summed E-state index contributed by atoms with van der Waals surface area (Å²) in [6.45, 7) is 8.91. The molecule has 0 aliphatic carbocycles. The predicted octanol–water partition coefficient (Wildman–Crippen LogP) is 5.32. The molecule has 2 aromatic rings. The molecule has 1 aliphatic rings. The second-order valence-corrected chi connectivity index (χ2v) is 12.1. The first-order chi connectivity index (χ1) is 20.2. The first kappa shape index (κ1) is 42.6. The number of likely N-dealkylation sites (tertiary alicyclic amines) is 1. The van der Waals surface area contributed by atoms with Crippen molar-refractivity contribution < 1.29 is 14.4 Å². The van der Waals surface area contributed by atoms with Gasteiger partial charge in [-0.15, -0.1) is 37.2 Å². The summed E-state index contributed by atoms with van der Waals surface area (Å²) in [6, 6.07) is 17.3. The van der Waals surface area contributed by atoms with Gasteiger partial charge in [-0.05, 0) is 62.2 Å². The Bertz CT molecular complexity index is 1120. The molecule has 8 nitrogen and oxygen atoms in total. The van der Waals surface area contributed by atoms with Crippen LogP contribution in [-0.4, -0.2) is 72.3 Å². The Morgan fingerprint density at radius 3 is 1.98 bits per heavy atom. The smallest absolute Gasteiger partial charge is 0.245 e. The van der Waals surface area contributed by atoms with E-state index >= 15 is 0 Å². The van der Waals surface area contributed by atoms with E-state index in [4.69, 9.17) is 5.73 Å². The van der Waals surface area contributed by atoms with Gasteiger partial charge in [-0.1, -0.05) is 94.3 Å². The first-order valence-electron chi connectivity index (χ1n) is 15.6. The van der Waals surface area contributed by atoms with Gasteiger partial charge >= 0.3 is 0 Å². The molecule has 0 radical (unpaired) electrons. The van der Waals surface area contributed by atoms with E-state index < -0.39 is 18.1 Å². The highest BCUT2D eigenvalue weighted by Gasteiger charge is 2.33. The Balaban J connectivity index is 0.00000645. The van der Waals surface area contributed by atoms with Crippen molar-refractivity contribution in [1.29, 1.82) is 0 Å². The highest BCUT2D eigenvalue weighted by molar-refractivity contribution is 5.93. The van der Waals surface area contributed by atoms with Gasteiger partial charge in [-0.3, -0.25) is 14.4 Å². The molecule has 3 rings (SSSR count). The fourth-order valence-electron chi connectivity index (χ4n) is 5.62. The monoisotopic (exact) mass is 685 g/mol. The third kappa shape index (κ3) is 13.9. The molecule has 45 heavy (non-hydrogen) atoms. The standard InChI is InChI=1S/C34H51N5O3.3ClH/c1-5-6-19-29(34(42)38(4)31(24-39-20-13-14-21-39)27-17-11-8-12-18-27)36-33(41)30(22-25(2)3)37-32(40)28(35)23-26-15-9-7-10-16-26;;;/h7-12,15-18,25,28-31H,5-6,13-14,19-24,35H2,1-4H3,(H,36,41)(H,37,40);3*1H/t28-,29-,30-,31-;;;/m1.../s1. The Labute approximate surface area is 288 Å². The number of nitrogens with two attached hydrogens (primary N) is 1. The summed E-state index contributed by atoms with van der Waals surface area (Å²) in [5.41, 5.74) is 8.27. The van der Waals surface area contributed by atoms with Crippen molar-refractivity contribution in [2.24, 2.45) is 11.7 Å². The molecule has 4 atom stereocenters. The van der Waals surface area contributed by atoms with E-state index in [1.165, 1.54) is 12.8 Å². The zero-order valence-electron chi connectivity index (χ0n) is 27.2. The molecule has 0 aromatic heterocycles. The van der Waals surface area contributed by atoms with E-state index in [0.29, 0.717) is 19.3 Å². The zero-order valence-corrected chi connectivity index (χ0v) is 29.6. The van der Waals surface area contributed by atoms with E-state index in [2.05, 4.69) is 34.6 Å². The van der Waals surface area contributed by atoms with Crippen LogP contribution in [0.4, 0.5) is 0 Å². The molecule has 254 valence electrons. The largest absolute Gasteiger partial charge is 0.343 e. The lowest BCUT2D eigenvalue weighted by Gasteiger charge is -2.35. The Morgan fingerprint density at radius 1 is 0.867 bits per heavy atom. The molecule has 1 saturated heterocycles. The number of benzene rings is 2. The van der Waals surface area contributed by atoms with Gasteiger partial charge in [0.2, 0.25) is 17.7 Å². The first-order valence-corrected chi connectivity index (χ1v) is 15.6. The summed E-state index contributed by atoms with van der Waals surface area (Å²) in [7, 11) is 1.84. The average Bonchev–Trinajstić information content (AvgIpc) is 3.51. The Kier molecular flexibility index (Phi) is 21.0. The molecule has 3 amide bonds. The second-order valence-electron chi connectivity index (χ2n) is 12.1. The van der Waals surface area contributed by atoms with Gasteiger partial charge in [-0.2, -0.15) is 0 Å². The van der Waals surface area contributed by atoms with Gasteiger partial charge in [-0.25, -0.2) is 0 Å². The van der Waals surface area contributed by atoms with Crippen molar-refractivity contribution in [3.05, 3.63) is 71.8 Å². The van der Waals surface area contributed by atoms with Crippen molar-refractivity contribution in [2.45, 2.75) is 89.9 Å². The predicted molar refractivity (Wildman–Crippen MR) is 190 cm³/mol. The van der Waals surface area contributed by atoms with Crippen LogP contribution < -0.4 is 16.4 Å². The van der Waals surface area contributed by atoms with Crippen LogP contribution in [0, 0.1) is 5.92 Å². The SMILES string of the molecule is CCCC[C@@H](NC(=O)[C@@H](CC(C)C)NC(=O)[C@H](N)Cc1ccccc1)C(=O)N(C)[C@H](CN1CCCC1)c1ccccc1.Cl.Cl.Cl. The number of hydrogen-bond donors (Lipinski definition) is 3. The number of hydrogen-bond acceptors (Lipinski definition) is 5. The third-order valence-electron chi connectivity index (χ3n) is 8.07. The maximum Gasteiger partial charge on any atom is 0.245 e. The van der Waals surface area contributed by atoms with Gasteiger partial charge in [0.25, 0.3) is 0 Å². The lowest BCUT2D eigenvalue weighted by molar-refractivity contribution is -0.138. The highest BCUT2D eigenvalue weighted by atomic mass is 35.5. The molecule has 1 aliphatic heterocycles. The average molecular weight is 687 g/mol. The fraction of sp³-hybridized carbons (Fsp3) is 0.559. The quantitative estimate of drug-likeness (QED) is 0.222. The van der Waals surface area contributed by atoms with Crippen molar-refractivity contribution in [2.75, 3.05) is 26.7 Å². The molecule has 0 bridgehead atoms. The van der Waals surface area contributed by atoms with E-state index in [1.54, 1.807) is 4.90 Å². The summed E-state index contributed by atoms with van der Waals surface area (Å²) in [6.07, 6.45) is 5.41. The van der Waals surface area contributed by atoms with Crippen molar-refractivity contribution in [1.82, 2.24) is 20.4 Å².